The summed E-state index contributed by atoms with van der Waals surface area (Å²) in [7, 11) is -3.63. The van der Waals surface area contributed by atoms with Crippen LogP contribution in [-0.4, -0.2) is 54.5 Å². The topological polar surface area (TPSA) is 75.6 Å². The third-order valence-electron chi connectivity index (χ3n) is 5.65. The van der Waals surface area contributed by atoms with Crippen LogP contribution in [0.1, 0.15) is 33.1 Å². The first-order valence-electron chi connectivity index (χ1n) is 10.3. The molecule has 0 saturated carbocycles. The maximum absolute atomic E-state index is 13.6. The molecule has 2 atom stereocenters. The van der Waals surface area contributed by atoms with Gasteiger partial charge in [0, 0.05) is 38.4 Å². The average molecular weight is 417 g/mol. The molecule has 4 rings (SSSR count). The van der Waals surface area contributed by atoms with Crippen molar-refractivity contribution in [3.8, 4) is 5.75 Å². The molecule has 0 amide bonds. The van der Waals surface area contributed by atoms with Crippen LogP contribution in [0.25, 0.3) is 0 Å². The van der Waals surface area contributed by atoms with E-state index in [1.807, 2.05) is 6.07 Å². The fraction of sp³-hybridized carbons (Fsp3) is 0.524. The van der Waals surface area contributed by atoms with Crippen LogP contribution in [-0.2, 0) is 10.0 Å². The second kappa shape index (κ2) is 8.28. The number of rotatable bonds is 4. The summed E-state index contributed by atoms with van der Waals surface area (Å²) in [4.78, 5) is 11.1. The third kappa shape index (κ3) is 4.09. The van der Waals surface area contributed by atoms with Gasteiger partial charge < -0.3 is 9.64 Å². The van der Waals surface area contributed by atoms with Crippen LogP contribution in [0.3, 0.4) is 0 Å². The number of hydrogen-bond donors (Lipinski definition) is 0. The van der Waals surface area contributed by atoms with Gasteiger partial charge in [-0.05, 0) is 37.0 Å². The Balaban J connectivity index is 1.69. The van der Waals surface area contributed by atoms with Crippen molar-refractivity contribution in [2.45, 2.75) is 50.2 Å². The Morgan fingerprint density at radius 1 is 1.10 bits per heavy atom. The molecule has 3 heterocycles. The van der Waals surface area contributed by atoms with Crippen molar-refractivity contribution in [1.82, 2.24) is 14.3 Å². The second-order valence-corrected chi connectivity index (χ2v) is 9.94. The highest BCUT2D eigenvalue weighted by Gasteiger charge is 2.43. The van der Waals surface area contributed by atoms with E-state index in [2.05, 4.69) is 28.7 Å². The van der Waals surface area contributed by atoms with Crippen LogP contribution in [0, 0.1) is 5.92 Å². The summed E-state index contributed by atoms with van der Waals surface area (Å²) >= 11 is 0. The summed E-state index contributed by atoms with van der Waals surface area (Å²) in [6.07, 6.45) is 5.47. The summed E-state index contributed by atoms with van der Waals surface area (Å²) in [5.74, 6) is 1.56. The van der Waals surface area contributed by atoms with Gasteiger partial charge in [0.25, 0.3) is 0 Å². The molecule has 1 aromatic carbocycles. The predicted octanol–water partition coefficient (Wildman–Crippen LogP) is 2.94. The van der Waals surface area contributed by atoms with Crippen LogP contribution < -0.4 is 9.64 Å². The van der Waals surface area contributed by atoms with Crippen LogP contribution in [0.15, 0.2) is 47.6 Å². The van der Waals surface area contributed by atoms with E-state index in [9.17, 15) is 8.42 Å². The zero-order valence-electron chi connectivity index (χ0n) is 16.9. The normalized spacial score (nSPS) is 24.2. The van der Waals surface area contributed by atoms with E-state index in [0.29, 0.717) is 43.5 Å². The highest BCUT2D eigenvalue weighted by atomic mass is 32.2. The Morgan fingerprint density at radius 3 is 2.59 bits per heavy atom. The number of aromatic nitrogens is 2. The highest BCUT2D eigenvalue weighted by Crippen LogP contribution is 2.37. The van der Waals surface area contributed by atoms with Gasteiger partial charge in [-0.3, -0.25) is 0 Å². The van der Waals surface area contributed by atoms with Gasteiger partial charge in [0.05, 0.1) is 6.04 Å². The molecule has 0 aliphatic carbocycles. The van der Waals surface area contributed by atoms with Gasteiger partial charge in [-0.1, -0.05) is 26.0 Å². The molecule has 1 fully saturated rings. The molecule has 2 aromatic rings. The molecule has 8 heteroatoms. The summed E-state index contributed by atoms with van der Waals surface area (Å²) < 4.78 is 35.1. The number of hydrogen-bond acceptors (Lipinski definition) is 6. The van der Waals surface area contributed by atoms with Crippen molar-refractivity contribution in [3.63, 3.8) is 0 Å². The van der Waals surface area contributed by atoms with E-state index in [4.69, 9.17) is 4.74 Å². The van der Waals surface area contributed by atoms with Crippen molar-refractivity contribution in [2.75, 3.05) is 24.5 Å². The summed E-state index contributed by atoms with van der Waals surface area (Å²) in [5, 5.41) is 0. The summed E-state index contributed by atoms with van der Waals surface area (Å²) in [5.41, 5.74) is 0. The number of benzene rings is 1. The van der Waals surface area contributed by atoms with Crippen molar-refractivity contribution in [3.05, 3.63) is 42.7 Å². The second-order valence-electron chi connectivity index (χ2n) is 8.08. The fourth-order valence-electron chi connectivity index (χ4n) is 4.08. The van der Waals surface area contributed by atoms with Gasteiger partial charge in [0.15, 0.2) is 0 Å². The van der Waals surface area contributed by atoms with Gasteiger partial charge in [0.1, 0.15) is 16.7 Å². The molecule has 0 unspecified atom stereocenters. The predicted molar refractivity (Wildman–Crippen MR) is 111 cm³/mol. The van der Waals surface area contributed by atoms with Crippen molar-refractivity contribution in [1.29, 1.82) is 0 Å². The summed E-state index contributed by atoms with van der Waals surface area (Å²) in [6, 6.07) is 8.59. The van der Waals surface area contributed by atoms with E-state index in [1.54, 1.807) is 41.0 Å². The molecule has 29 heavy (non-hydrogen) atoms. The minimum Gasteiger partial charge on any atom is -0.487 e. The molecule has 0 N–H and O–H groups in total. The lowest BCUT2D eigenvalue weighted by Crippen LogP contribution is -2.47. The Kier molecular flexibility index (Phi) is 5.74. The third-order valence-corrected chi connectivity index (χ3v) is 7.62. The lowest BCUT2D eigenvalue weighted by atomic mass is 10.0. The molecule has 2 aliphatic rings. The molecular formula is C21H28N4O3S. The lowest BCUT2D eigenvalue weighted by Gasteiger charge is -2.32. The standard InChI is InChI=1S/C21H28N4O3S/c1-16(2)8-15-25-17-9-13-24(21-22-11-5-12-23-21)14-10-18(17)28-19-6-3-4-7-20(19)29(25,26)27/h3-7,11-12,16-18H,8-10,13-15H2,1-2H3/t17-,18-/m0/s1. The number of ether oxygens (including phenoxy) is 1. The number of anilines is 1. The zero-order chi connectivity index (χ0) is 20.4. The Labute approximate surface area is 172 Å². The molecule has 1 aromatic heterocycles. The van der Waals surface area contributed by atoms with Crippen LogP contribution in [0.2, 0.25) is 0 Å². The number of fused-ring (bicyclic) bond motifs is 2. The van der Waals surface area contributed by atoms with Crippen LogP contribution in [0.5, 0.6) is 5.75 Å². The minimum absolute atomic E-state index is 0.200. The monoisotopic (exact) mass is 416 g/mol. The van der Waals surface area contributed by atoms with Crippen molar-refractivity contribution in [2.24, 2.45) is 5.92 Å². The Bertz CT molecular complexity index is 936. The van der Waals surface area contributed by atoms with Gasteiger partial charge in [-0.15, -0.1) is 0 Å². The first-order valence-corrected chi connectivity index (χ1v) is 11.7. The van der Waals surface area contributed by atoms with Gasteiger partial charge in [-0.2, -0.15) is 4.31 Å². The molecule has 1 saturated heterocycles. The highest BCUT2D eigenvalue weighted by molar-refractivity contribution is 7.89. The van der Waals surface area contributed by atoms with Gasteiger partial charge in [0.2, 0.25) is 16.0 Å². The molecule has 0 spiro atoms. The van der Waals surface area contributed by atoms with Crippen molar-refractivity contribution < 1.29 is 13.2 Å². The smallest absolute Gasteiger partial charge is 0.247 e. The number of sulfonamides is 1. The van der Waals surface area contributed by atoms with E-state index < -0.39 is 10.0 Å². The minimum atomic E-state index is -3.63. The largest absolute Gasteiger partial charge is 0.487 e. The fourth-order valence-corrected chi connectivity index (χ4v) is 5.90. The molecule has 2 aliphatic heterocycles. The summed E-state index contributed by atoms with van der Waals surface area (Å²) in [6.45, 7) is 6.16. The van der Waals surface area contributed by atoms with E-state index >= 15 is 0 Å². The van der Waals surface area contributed by atoms with Crippen molar-refractivity contribution >= 4 is 16.0 Å². The Morgan fingerprint density at radius 2 is 1.83 bits per heavy atom. The van der Waals surface area contributed by atoms with Crippen LogP contribution >= 0.6 is 0 Å². The van der Waals surface area contributed by atoms with Gasteiger partial charge >= 0.3 is 0 Å². The first kappa shape index (κ1) is 20.1. The molecule has 0 bridgehead atoms. The number of para-hydroxylation sites is 1. The molecule has 0 radical (unpaired) electrons. The zero-order valence-corrected chi connectivity index (χ0v) is 17.8. The van der Waals surface area contributed by atoms with Gasteiger partial charge in [-0.25, -0.2) is 18.4 Å². The lowest BCUT2D eigenvalue weighted by molar-refractivity contribution is 0.111. The first-order chi connectivity index (χ1) is 14.0. The maximum atomic E-state index is 13.6. The SMILES string of the molecule is CC(C)CCN1[C@H]2CCN(c3ncccn3)CC[C@@H]2Oc2ccccc2S1(=O)=O. The number of nitrogens with zero attached hydrogens (tertiary/aromatic N) is 4. The Hall–Kier alpha value is -2.19. The maximum Gasteiger partial charge on any atom is 0.247 e. The van der Waals surface area contributed by atoms with E-state index in [-0.39, 0.29) is 17.0 Å². The molecule has 7 nitrogen and oxygen atoms in total. The average Bonchev–Trinajstić information content (AvgIpc) is 2.96. The van der Waals surface area contributed by atoms with E-state index in [1.165, 1.54) is 0 Å². The molecule has 156 valence electrons. The molecular weight excluding hydrogens is 388 g/mol. The quantitative estimate of drug-likeness (QED) is 0.763. The van der Waals surface area contributed by atoms with E-state index in [0.717, 1.165) is 13.0 Å². The van der Waals surface area contributed by atoms with Crippen LogP contribution in [0.4, 0.5) is 5.95 Å².